The zero-order valence-electron chi connectivity index (χ0n) is 11.8. The lowest BCUT2D eigenvalue weighted by molar-refractivity contribution is 0.383. The molecule has 0 bridgehead atoms. The summed E-state index contributed by atoms with van der Waals surface area (Å²) in [6.07, 6.45) is 1.11. The van der Waals surface area contributed by atoms with Crippen molar-refractivity contribution in [1.82, 2.24) is 5.32 Å². The van der Waals surface area contributed by atoms with Crippen molar-refractivity contribution in [1.29, 1.82) is 0 Å². The Morgan fingerprint density at radius 1 is 1.42 bits per heavy atom. The molecular formula is C15H22BrFN2. The van der Waals surface area contributed by atoms with Crippen molar-refractivity contribution >= 4 is 21.6 Å². The van der Waals surface area contributed by atoms with Crippen LogP contribution in [-0.4, -0.2) is 25.2 Å². The van der Waals surface area contributed by atoms with E-state index in [2.05, 4.69) is 46.9 Å². The summed E-state index contributed by atoms with van der Waals surface area (Å²) in [5.74, 6) is 0.449. The summed E-state index contributed by atoms with van der Waals surface area (Å²) in [5, 5.41) is 3.53. The molecule has 1 N–H and O–H groups in total. The molecule has 1 aromatic rings. The van der Waals surface area contributed by atoms with Gasteiger partial charge in [-0.3, -0.25) is 0 Å². The lowest BCUT2D eigenvalue weighted by atomic mass is 10.1. The van der Waals surface area contributed by atoms with E-state index in [1.165, 1.54) is 6.07 Å². The van der Waals surface area contributed by atoms with Gasteiger partial charge in [0.2, 0.25) is 0 Å². The molecule has 1 saturated heterocycles. The summed E-state index contributed by atoms with van der Waals surface area (Å²) in [4.78, 5) is 2.15. The first kappa shape index (κ1) is 14.8. The number of anilines is 1. The summed E-state index contributed by atoms with van der Waals surface area (Å²) in [6.45, 7) is 9.36. The van der Waals surface area contributed by atoms with Crippen LogP contribution in [0.1, 0.15) is 27.2 Å². The second-order valence-corrected chi connectivity index (χ2v) is 7.16. The number of halogens is 2. The standard InChI is InChI=1S/C15H22BrFN2/c1-15(2,3)18-9-11-7-8-19(10-11)14-12(16)5-4-6-13(14)17/h4-6,11,18H,7-10H2,1-3H3. The molecule has 0 amide bonds. The molecule has 1 unspecified atom stereocenters. The van der Waals surface area contributed by atoms with Gasteiger partial charge in [0.25, 0.3) is 0 Å². The molecule has 106 valence electrons. The number of nitrogens with zero attached hydrogens (tertiary/aromatic N) is 1. The Morgan fingerprint density at radius 3 is 2.79 bits per heavy atom. The van der Waals surface area contributed by atoms with Gasteiger partial charge in [-0.15, -0.1) is 0 Å². The van der Waals surface area contributed by atoms with Crippen molar-refractivity contribution in [2.24, 2.45) is 5.92 Å². The van der Waals surface area contributed by atoms with E-state index in [0.717, 1.165) is 30.5 Å². The molecule has 0 saturated carbocycles. The molecule has 1 aromatic carbocycles. The number of para-hydroxylation sites is 1. The lowest BCUT2D eigenvalue weighted by Crippen LogP contribution is -2.39. The van der Waals surface area contributed by atoms with E-state index in [1.807, 2.05) is 6.07 Å². The summed E-state index contributed by atoms with van der Waals surface area (Å²) in [7, 11) is 0. The van der Waals surface area contributed by atoms with Crippen LogP contribution in [0.4, 0.5) is 10.1 Å². The molecular weight excluding hydrogens is 307 g/mol. The van der Waals surface area contributed by atoms with Gasteiger partial charge in [0.05, 0.1) is 5.69 Å². The van der Waals surface area contributed by atoms with Gasteiger partial charge >= 0.3 is 0 Å². The molecule has 0 aliphatic carbocycles. The first-order valence-corrected chi connectivity index (χ1v) is 7.60. The van der Waals surface area contributed by atoms with Crippen LogP contribution in [0.5, 0.6) is 0 Å². The van der Waals surface area contributed by atoms with Crippen molar-refractivity contribution in [2.45, 2.75) is 32.7 Å². The minimum atomic E-state index is -0.140. The van der Waals surface area contributed by atoms with Crippen molar-refractivity contribution < 1.29 is 4.39 Å². The van der Waals surface area contributed by atoms with E-state index in [0.29, 0.717) is 11.6 Å². The zero-order valence-corrected chi connectivity index (χ0v) is 13.4. The van der Waals surface area contributed by atoms with Crippen molar-refractivity contribution in [2.75, 3.05) is 24.5 Å². The summed E-state index contributed by atoms with van der Waals surface area (Å²) < 4.78 is 14.8. The molecule has 2 nitrogen and oxygen atoms in total. The molecule has 0 spiro atoms. The lowest BCUT2D eigenvalue weighted by Gasteiger charge is -2.24. The van der Waals surface area contributed by atoms with Crippen LogP contribution in [0.3, 0.4) is 0 Å². The third kappa shape index (κ3) is 3.93. The maximum Gasteiger partial charge on any atom is 0.147 e. The maximum absolute atomic E-state index is 13.9. The predicted octanol–water partition coefficient (Wildman–Crippen LogP) is 3.80. The number of hydrogen-bond acceptors (Lipinski definition) is 2. The van der Waals surface area contributed by atoms with Crippen LogP contribution in [0.15, 0.2) is 22.7 Å². The third-order valence-corrected chi connectivity index (χ3v) is 4.10. The van der Waals surface area contributed by atoms with Crippen molar-refractivity contribution in [3.05, 3.63) is 28.5 Å². The minimum absolute atomic E-state index is 0.140. The first-order chi connectivity index (χ1) is 8.87. The first-order valence-electron chi connectivity index (χ1n) is 6.81. The van der Waals surface area contributed by atoms with Crippen LogP contribution >= 0.6 is 15.9 Å². The van der Waals surface area contributed by atoms with Gasteiger partial charge in [-0.05, 0) is 61.2 Å². The largest absolute Gasteiger partial charge is 0.368 e. The molecule has 1 heterocycles. The fraction of sp³-hybridized carbons (Fsp3) is 0.600. The highest BCUT2D eigenvalue weighted by atomic mass is 79.9. The Morgan fingerprint density at radius 2 is 2.16 bits per heavy atom. The van der Waals surface area contributed by atoms with Crippen LogP contribution < -0.4 is 10.2 Å². The summed E-state index contributed by atoms with van der Waals surface area (Å²) >= 11 is 3.45. The molecule has 1 fully saturated rings. The zero-order chi connectivity index (χ0) is 14.0. The van der Waals surface area contributed by atoms with Gasteiger partial charge < -0.3 is 10.2 Å². The van der Waals surface area contributed by atoms with E-state index in [1.54, 1.807) is 6.07 Å². The van der Waals surface area contributed by atoms with Crippen LogP contribution in [0.2, 0.25) is 0 Å². The Hall–Kier alpha value is -0.610. The number of hydrogen-bond donors (Lipinski definition) is 1. The van der Waals surface area contributed by atoms with Crippen molar-refractivity contribution in [3.8, 4) is 0 Å². The SMILES string of the molecule is CC(C)(C)NCC1CCN(c2c(F)cccc2Br)C1. The molecule has 19 heavy (non-hydrogen) atoms. The smallest absolute Gasteiger partial charge is 0.147 e. The van der Waals surface area contributed by atoms with Gasteiger partial charge in [-0.2, -0.15) is 0 Å². The average molecular weight is 329 g/mol. The Bertz CT molecular complexity index is 422. The van der Waals surface area contributed by atoms with E-state index >= 15 is 0 Å². The van der Waals surface area contributed by atoms with Gasteiger partial charge in [0, 0.05) is 29.6 Å². The highest BCUT2D eigenvalue weighted by Crippen LogP contribution is 2.32. The predicted molar refractivity (Wildman–Crippen MR) is 82.2 cm³/mol. The van der Waals surface area contributed by atoms with E-state index in [4.69, 9.17) is 0 Å². The van der Waals surface area contributed by atoms with Crippen LogP contribution in [0, 0.1) is 11.7 Å². The van der Waals surface area contributed by atoms with E-state index < -0.39 is 0 Å². The third-order valence-electron chi connectivity index (χ3n) is 3.46. The minimum Gasteiger partial charge on any atom is -0.368 e. The van der Waals surface area contributed by atoms with Gasteiger partial charge in [-0.1, -0.05) is 6.07 Å². The maximum atomic E-state index is 13.9. The number of benzene rings is 1. The Labute approximate surface area is 123 Å². The second kappa shape index (κ2) is 5.80. The monoisotopic (exact) mass is 328 g/mol. The fourth-order valence-corrected chi connectivity index (χ4v) is 3.04. The molecule has 1 atom stereocenters. The van der Waals surface area contributed by atoms with E-state index in [-0.39, 0.29) is 11.4 Å². The normalized spacial score (nSPS) is 20.1. The van der Waals surface area contributed by atoms with Crippen LogP contribution in [0.25, 0.3) is 0 Å². The summed E-state index contributed by atoms with van der Waals surface area (Å²) in [6, 6.07) is 5.16. The second-order valence-electron chi connectivity index (χ2n) is 6.30. The molecule has 1 aliphatic rings. The molecule has 0 radical (unpaired) electrons. The molecule has 4 heteroatoms. The quantitative estimate of drug-likeness (QED) is 0.907. The highest BCUT2D eigenvalue weighted by Gasteiger charge is 2.26. The fourth-order valence-electron chi connectivity index (χ4n) is 2.44. The number of rotatable bonds is 3. The molecule has 1 aliphatic heterocycles. The highest BCUT2D eigenvalue weighted by molar-refractivity contribution is 9.10. The molecule has 2 rings (SSSR count). The Kier molecular flexibility index (Phi) is 4.51. The van der Waals surface area contributed by atoms with E-state index in [9.17, 15) is 4.39 Å². The number of nitrogens with one attached hydrogen (secondary N) is 1. The topological polar surface area (TPSA) is 15.3 Å². The average Bonchev–Trinajstić information content (AvgIpc) is 2.74. The van der Waals surface area contributed by atoms with Gasteiger partial charge in [0.1, 0.15) is 5.82 Å². The van der Waals surface area contributed by atoms with Crippen LogP contribution in [-0.2, 0) is 0 Å². The summed E-state index contributed by atoms with van der Waals surface area (Å²) in [5.41, 5.74) is 0.854. The van der Waals surface area contributed by atoms with Crippen molar-refractivity contribution in [3.63, 3.8) is 0 Å². The van der Waals surface area contributed by atoms with Gasteiger partial charge in [-0.25, -0.2) is 4.39 Å². The Balaban J connectivity index is 1.99. The van der Waals surface area contributed by atoms with Gasteiger partial charge in [0.15, 0.2) is 0 Å². The molecule has 0 aromatic heterocycles.